The molecule has 1 aliphatic rings. The number of aromatic amines is 1. The Hall–Kier alpha value is -3.07. The number of fused-ring (bicyclic) bond motifs is 1. The maximum Gasteiger partial charge on any atom is 0.324 e. The highest BCUT2D eigenvalue weighted by Crippen LogP contribution is 2.33. The molecule has 3 heterocycles. The third-order valence-electron chi connectivity index (χ3n) is 5.04. The fraction of sp³-hybridized carbons (Fsp3) is 0.421. The van der Waals surface area contributed by atoms with Crippen LogP contribution in [0.25, 0.3) is 22.2 Å². The largest absolute Gasteiger partial charge is 0.494 e. The molecule has 9 nitrogen and oxygen atoms in total. The van der Waals surface area contributed by atoms with Gasteiger partial charge in [-0.2, -0.15) is 5.10 Å². The van der Waals surface area contributed by atoms with E-state index in [0.29, 0.717) is 37.3 Å². The summed E-state index contributed by atoms with van der Waals surface area (Å²) >= 11 is 0. The van der Waals surface area contributed by atoms with Crippen molar-refractivity contribution in [2.24, 2.45) is 13.0 Å². The highest BCUT2D eigenvalue weighted by atomic mass is 16.5. The maximum atomic E-state index is 12.6. The Morgan fingerprint density at radius 3 is 2.96 bits per heavy atom. The van der Waals surface area contributed by atoms with Gasteiger partial charge in [-0.3, -0.25) is 10.00 Å². The Kier molecular flexibility index (Phi) is 4.91. The molecule has 28 heavy (non-hydrogen) atoms. The van der Waals surface area contributed by atoms with Crippen LogP contribution in [0.3, 0.4) is 0 Å². The number of aromatic nitrogens is 4. The van der Waals surface area contributed by atoms with Crippen LogP contribution in [0.5, 0.6) is 5.75 Å². The van der Waals surface area contributed by atoms with E-state index in [4.69, 9.17) is 9.47 Å². The highest BCUT2D eigenvalue weighted by molar-refractivity contribution is 5.98. The van der Waals surface area contributed by atoms with E-state index >= 15 is 0 Å². The van der Waals surface area contributed by atoms with Crippen LogP contribution in [0, 0.1) is 5.92 Å². The summed E-state index contributed by atoms with van der Waals surface area (Å²) in [6, 6.07) is 3.66. The van der Waals surface area contributed by atoms with Crippen molar-refractivity contribution < 1.29 is 14.3 Å². The second-order valence-electron chi connectivity index (χ2n) is 7.01. The zero-order valence-corrected chi connectivity index (χ0v) is 16.2. The normalized spacial score (nSPS) is 16.7. The number of aryl methyl sites for hydroxylation is 1. The van der Waals surface area contributed by atoms with Crippen molar-refractivity contribution >= 4 is 23.0 Å². The first kappa shape index (κ1) is 18.3. The molecule has 0 radical (unpaired) electrons. The molecule has 1 saturated heterocycles. The molecule has 3 aromatic rings. The van der Waals surface area contributed by atoms with Gasteiger partial charge in [-0.1, -0.05) is 0 Å². The number of carbonyl (C=O) groups is 1. The molecule has 1 fully saturated rings. The van der Waals surface area contributed by atoms with Gasteiger partial charge in [-0.25, -0.2) is 9.78 Å². The van der Waals surface area contributed by atoms with Crippen LogP contribution >= 0.6 is 0 Å². The quantitative estimate of drug-likeness (QED) is 0.704. The predicted octanol–water partition coefficient (Wildman–Crippen LogP) is 2.47. The molecule has 2 N–H and O–H groups in total. The molecule has 2 aromatic heterocycles. The number of benzene rings is 1. The number of hydrogen-bond donors (Lipinski definition) is 2. The van der Waals surface area contributed by atoms with Crippen LogP contribution in [-0.2, 0) is 11.8 Å². The van der Waals surface area contributed by atoms with Crippen LogP contribution in [0.15, 0.2) is 24.5 Å². The lowest BCUT2D eigenvalue weighted by Gasteiger charge is -2.16. The zero-order chi connectivity index (χ0) is 19.7. The molecule has 0 bridgehead atoms. The average Bonchev–Trinajstić information content (AvgIpc) is 3.40. The van der Waals surface area contributed by atoms with E-state index in [0.717, 1.165) is 28.6 Å². The van der Waals surface area contributed by atoms with Crippen LogP contribution in [0.4, 0.5) is 10.7 Å². The number of urea groups is 1. The molecule has 2 amide bonds. The Morgan fingerprint density at radius 2 is 2.25 bits per heavy atom. The molecule has 9 heteroatoms. The summed E-state index contributed by atoms with van der Waals surface area (Å²) in [5.41, 5.74) is 3.32. The third-order valence-corrected chi connectivity index (χ3v) is 5.04. The number of likely N-dealkylation sites (tertiary alicyclic amines) is 1. The molecule has 1 aromatic carbocycles. The predicted molar refractivity (Wildman–Crippen MR) is 105 cm³/mol. The number of methoxy groups -OCH3 is 2. The minimum Gasteiger partial charge on any atom is -0.494 e. The van der Waals surface area contributed by atoms with Crippen molar-refractivity contribution in [2.45, 2.75) is 6.42 Å². The molecular weight excluding hydrogens is 360 g/mol. The van der Waals surface area contributed by atoms with Gasteiger partial charge in [-0.05, 0) is 18.6 Å². The topological polar surface area (TPSA) is 97.3 Å². The Balaban J connectivity index is 1.61. The van der Waals surface area contributed by atoms with E-state index in [9.17, 15) is 4.79 Å². The van der Waals surface area contributed by atoms with E-state index in [1.807, 2.05) is 25.4 Å². The number of nitrogens with one attached hydrogen (secondary N) is 2. The van der Waals surface area contributed by atoms with E-state index in [-0.39, 0.29) is 6.03 Å². The molecule has 148 valence electrons. The first-order valence-electron chi connectivity index (χ1n) is 9.19. The van der Waals surface area contributed by atoms with E-state index < -0.39 is 0 Å². The van der Waals surface area contributed by atoms with Crippen LogP contribution < -0.4 is 10.1 Å². The molecule has 0 saturated carbocycles. The standard InChI is InChI=1S/C19H24N6O3/c1-24-10-13(8-20-24)14-4-5-15(28-3)17-16(14)21-18(22-17)23-19(26)25-7-6-12(9-25)11-27-2/h4-5,8,10,12H,6-7,9,11H2,1-3H3,(H2,21,22,23,26)/t12-/m1/s1. The molecule has 0 unspecified atom stereocenters. The van der Waals surface area contributed by atoms with Crippen molar-refractivity contribution in [1.29, 1.82) is 0 Å². The van der Waals surface area contributed by atoms with Crippen molar-refractivity contribution in [2.75, 3.05) is 39.2 Å². The Labute approximate surface area is 162 Å². The Bertz CT molecular complexity index is 995. The number of anilines is 1. The lowest BCUT2D eigenvalue weighted by molar-refractivity contribution is 0.154. The third kappa shape index (κ3) is 3.40. The molecular formula is C19H24N6O3. The van der Waals surface area contributed by atoms with Crippen LogP contribution in [0.2, 0.25) is 0 Å². The average molecular weight is 384 g/mol. The fourth-order valence-electron chi connectivity index (χ4n) is 3.66. The summed E-state index contributed by atoms with van der Waals surface area (Å²) < 4.78 is 12.4. The number of rotatable bonds is 5. The van der Waals surface area contributed by atoms with Crippen molar-refractivity contribution in [1.82, 2.24) is 24.6 Å². The molecule has 0 spiro atoms. The first-order valence-corrected chi connectivity index (χ1v) is 9.19. The lowest BCUT2D eigenvalue weighted by Crippen LogP contribution is -2.33. The SMILES string of the molecule is COC[C@@H]1CCN(C(=O)Nc2nc3c(-c4cnn(C)c4)ccc(OC)c3[nH]2)C1. The van der Waals surface area contributed by atoms with E-state index in [1.165, 1.54) is 0 Å². The monoisotopic (exact) mass is 384 g/mol. The van der Waals surface area contributed by atoms with Gasteiger partial charge in [0.1, 0.15) is 16.8 Å². The first-order chi connectivity index (χ1) is 13.6. The minimum atomic E-state index is -0.167. The lowest BCUT2D eigenvalue weighted by atomic mass is 10.1. The van der Waals surface area contributed by atoms with Crippen molar-refractivity contribution in [3.05, 3.63) is 24.5 Å². The van der Waals surface area contributed by atoms with Crippen LogP contribution in [-0.4, -0.2) is 64.6 Å². The van der Waals surface area contributed by atoms with Crippen LogP contribution in [0.1, 0.15) is 6.42 Å². The van der Waals surface area contributed by atoms with Gasteiger partial charge in [0, 0.05) is 50.5 Å². The summed E-state index contributed by atoms with van der Waals surface area (Å²) in [6.07, 6.45) is 4.66. The van der Waals surface area contributed by atoms with Gasteiger partial charge in [0.05, 0.1) is 19.9 Å². The van der Waals surface area contributed by atoms with E-state index in [2.05, 4.69) is 20.4 Å². The maximum absolute atomic E-state index is 12.6. The molecule has 1 atom stereocenters. The smallest absolute Gasteiger partial charge is 0.324 e. The van der Waals surface area contributed by atoms with Gasteiger partial charge in [0.2, 0.25) is 5.95 Å². The summed E-state index contributed by atoms with van der Waals surface area (Å²) in [5.74, 6) is 1.44. The van der Waals surface area contributed by atoms with Crippen molar-refractivity contribution in [3.8, 4) is 16.9 Å². The molecule has 1 aliphatic heterocycles. The summed E-state index contributed by atoms with van der Waals surface area (Å²) in [6.45, 7) is 2.06. The van der Waals surface area contributed by atoms with Gasteiger partial charge in [-0.15, -0.1) is 0 Å². The van der Waals surface area contributed by atoms with Gasteiger partial charge in [0.25, 0.3) is 0 Å². The Morgan fingerprint density at radius 1 is 1.39 bits per heavy atom. The number of ether oxygens (including phenoxy) is 2. The molecule has 0 aliphatic carbocycles. The van der Waals surface area contributed by atoms with E-state index in [1.54, 1.807) is 30.0 Å². The second-order valence-corrected chi connectivity index (χ2v) is 7.01. The summed E-state index contributed by atoms with van der Waals surface area (Å²) in [5, 5.41) is 7.11. The number of nitrogens with zero attached hydrogens (tertiary/aromatic N) is 4. The van der Waals surface area contributed by atoms with Crippen molar-refractivity contribution in [3.63, 3.8) is 0 Å². The fourth-order valence-corrected chi connectivity index (χ4v) is 3.66. The second kappa shape index (κ2) is 7.51. The number of imidazole rings is 1. The number of carbonyl (C=O) groups excluding carboxylic acids is 1. The number of H-pyrrole nitrogens is 1. The summed E-state index contributed by atoms with van der Waals surface area (Å²) in [7, 11) is 5.16. The number of amides is 2. The number of hydrogen-bond acceptors (Lipinski definition) is 5. The van der Waals surface area contributed by atoms with Gasteiger partial charge >= 0.3 is 6.03 Å². The minimum absolute atomic E-state index is 0.167. The summed E-state index contributed by atoms with van der Waals surface area (Å²) in [4.78, 5) is 22.2. The van der Waals surface area contributed by atoms with Gasteiger partial charge < -0.3 is 19.4 Å². The highest BCUT2D eigenvalue weighted by Gasteiger charge is 2.27. The molecule has 4 rings (SSSR count). The zero-order valence-electron chi connectivity index (χ0n) is 16.2. The van der Waals surface area contributed by atoms with Gasteiger partial charge in [0.15, 0.2) is 0 Å².